The molecule has 2 aliphatic carbocycles. The summed E-state index contributed by atoms with van der Waals surface area (Å²) in [6.07, 6.45) is 6.27. The van der Waals surface area contributed by atoms with Crippen molar-refractivity contribution in [2.24, 2.45) is 5.73 Å². The van der Waals surface area contributed by atoms with E-state index in [-0.39, 0.29) is 5.91 Å². The number of nitrogens with one attached hydrogen (secondary N) is 1. The van der Waals surface area contributed by atoms with Crippen molar-refractivity contribution in [2.75, 3.05) is 27.3 Å². The number of amides is 1. The third kappa shape index (κ3) is 3.68. The number of nitrogens with two attached hydrogens (primary N) is 1. The van der Waals surface area contributed by atoms with Crippen LogP contribution in [0.4, 0.5) is 0 Å². The Morgan fingerprint density at radius 3 is 2.79 bits per heavy atom. The molecule has 0 bridgehead atoms. The van der Waals surface area contributed by atoms with Gasteiger partial charge in [-0.15, -0.1) is 0 Å². The van der Waals surface area contributed by atoms with Crippen LogP contribution in [0.3, 0.4) is 0 Å². The maximum absolute atomic E-state index is 11.9. The Bertz CT molecular complexity index is 320. The smallest absolute Gasteiger partial charge is 0.237 e. The predicted molar refractivity (Wildman–Crippen MR) is 74.8 cm³/mol. The fraction of sp³-hybridized carbons (Fsp3) is 0.929. The van der Waals surface area contributed by atoms with Gasteiger partial charge in [-0.25, -0.2) is 0 Å². The van der Waals surface area contributed by atoms with Gasteiger partial charge in [0.2, 0.25) is 5.91 Å². The van der Waals surface area contributed by atoms with Gasteiger partial charge in [0.25, 0.3) is 0 Å². The molecule has 5 heteroatoms. The monoisotopic (exact) mass is 269 g/mol. The quantitative estimate of drug-likeness (QED) is 0.705. The van der Waals surface area contributed by atoms with Crippen LogP contribution < -0.4 is 11.1 Å². The van der Waals surface area contributed by atoms with Crippen molar-refractivity contribution in [3.05, 3.63) is 0 Å². The summed E-state index contributed by atoms with van der Waals surface area (Å²) in [4.78, 5) is 14.2. The SMILES string of the molecule is COCCN(C)C1CCCC(NC2CC2)(C(N)=O)C1. The minimum atomic E-state index is -0.481. The van der Waals surface area contributed by atoms with Crippen molar-refractivity contribution in [3.8, 4) is 0 Å². The Hall–Kier alpha value is -0.650. The van der Waals surface area contributed by atoms with Crippen molar-refractivity contribution in [1.29, 1.82) is 0 Å². The Kier molecular flexibility index (Phi) is 4.81. The van der Waals surface area contributed by atoms with Gasteiger partial charge >= 0.3 is 0 Å². The van der Waals surface area contributed by atoms with E-state index in [1.54, 1.807) is 7.11 Å². The van der Waals surface area contributed by atoms with Crippen LogP contribution >= 0.6 is 0 Å². The Morgan fingerprint density at radius 2 is 2.21 bits per heavy atom. The molecule has 0 heterocycles. The lowest BCUT2D eigenvalue weighted by Gasteiger charge is -2.42. The minimum absolute atomic E-state index is 0.177. The van der Waals surface area contributed by atoms with E-state index in [2.05, 4.69) is 17.3 Å². The molecule has 2 saturated carbocycles. The average molecular weight is 269 g/mol. The van der Waals surface area contributed by atoms with E-state index in [1.165, 1.54) is 12.8 Å². The third-order valence-electron chi connectivity index (χ3n) is 4.53. The van der Waals surface area contributed by atoms with E-state index in [0.29, 0.717) is 12.1 Å². The first-order valence-corrected chi connectivity index (χ1v) is 7.34. The summed E-state index contributed by atoms with van der Waals surface area (Å²) in [6, 6.07) is 0.929. The summed E-state index contributed by atoms with van der Waals surface area (Å²) in [5, 5.41) is 3.51. The molecule has 0 aromatic heterocycles. The van der Waals surface area contributed by atoms with Gasteiger partial charge in [-0.3, -0.25) is 4.79 Å². The number of hydrogen-bond donors (Lipinski definition) is 2. The van der Waals surface area contributed by atoms with Gasteiger partial charge in [0, 0.05) is 25.7 Å². The van der Waals surface area contributed by atoms with E-state index in [9.17, 15) is 4.79 Å². The molecule has 1 amide bonds. The molecule has 5 nitrogen and oxygen atoms in total. The molecule has 2 unspecified atom stereocenters. The molecule has 3 N–H and O–H groups in total. The van der Waals surface area contributed by atoms with Gasteiger partial charge in [0.15, 0.2) is 0 Å². The number of likely N-dealkylation sites (N-methyl/N-ethyl adjacent to an activating group) is 1. The van der Waals surface area contributed by atoms with Crippen LogP contribution in [0.25, 0.3) is 0 Å². The van der Waals surface area contributed by atoms with Crippen LogP contribution in [0.15, 0.2) is 0 Å². The van der Waals surface area contributed by atoms with Crippen LogP contribution in [0, 0.1) is 0 Å². The molecule has 0 aliphatic heterocycles. The molecule has 0 radical (unpaired) electrons. The lowest BCUT2D eigenvalue weighted by molar-refractivity contribution is -0.126. The molecule has 0 aromatic rings. The van der Waals surface area contributed by atoms with Gasteiger partial charge in [-0.05, 0) is 45.6 Å². The molecular weight excluding hydrogens is 242 g/mol. The zero-order chi connectivity index (χ0) is 13.9. The second-order valence-corrected chi connectivity index (χ2v) is 6.09. The fourth-order valence-electron chi connectivity index (χ4n) is 3.08. The molecule has 0 saturated heterocycles. The lowest BCUT2D eigenvalue weighted by atomic mass is 9.77. The normalized spacial score (nSPS) is 31.6. The Labute approximate surface area is 115 Å². The molecule has 0 spiro atoms. The highest BCUT2D eigenvalue weighted by atomic mass is 16.5. The number of methoxy groups -OCH3 is 1. The highest BCUT2D eigenvalue weighted by Crippen LogP contribution is 2.34. The zero-order valence-electron chi connectivity index (χ0n) is 12.2. The summed E-state index contributed by atoms with van der Waals surface area (Å²) >= 11 is 0. The number of ether oxygens (including phenoxy) is 1. The number of carbonyl (C=O) groups is 1. The third-order valence-corrected chi connectivity index (χ3v) is 4.53. The standard InChI is InChI=1S/C14H27N3O2/c1-17(8-9-19-2)12-4-3-7-14(10-12,13(15)18)16-11-5-6-11/h11-12,16H,3-10H2,1-2H3,(H2,15,18). The largest absolute Gasteiger partial charge is 0.383 e. The first-order valence-electron chi connectivity index (χ1n) is 7.34. The van der Waals surface area contributed by atoms with E-state index in [1.807, 2.05) is 0 Å². The summed E-state index contributed by atoms with van der Waals surface area (Å²) in [7, 11) is 3.83. The van der Waals surface area contributed by atoms with Gasteiger partial charge in [-0.2, -0.15) is 0 Å². The van der Waals surface area contributed by atoms with E-state index in [0.717, 1.165) is 38.8 Å². The van der Waals surface area contributed by atoms with E-state index >= 15 is 0 Å². The van der Waals surface area contributed by atoms with Gasteiger partial charge in [0.1, 0.15) is 0 Å². The number of hydrogen-bond acceptors (Lipinski definition) is 4. The zero-order valence-corrected chi connectivity index (χ0v) is 12.2. The van der Waals surface area contributed by atoms with Crippen molar-refractivity contribution >= 4 is 5.91 Å². The molecule has 2 aliphatic rings. The number of primary amides is 1. The van der Waals surface area contributed by atoms with Crippen molar-refractivity contribution in [3.63, 3.8) is 0 Å². The first-order chi connectivity index (χ1) is 9.07. The van der Waals surface area contributed by atoms with Crippen molar-refractivity contribution < 1.29 is 9.53 Å². The van der Waals surface area contributed by atoms with Crippen LogP contribution in [0.1, 0.15) is 38.5 Å². The van der Waals surface area contributed by atoms with Crippen LogP contribution in [0.5, 0.6) is 0 Å². The number of rotatable bonds is 7. The van der Waals surface area contributed by atoms with E-state index < -0.39 is 5.54 Å². The molecular formula is C14H27N3O2. The number of nitrogens with zero attached hydrogens (tertiary/aromatic N) is 1. The van der Waals surface area contributed by atoms with Crippen molar-refractivity contribution in [2.45, 2.75) is 56.1 Å². The second kappa shape index (κ2) is 6.20. The molecule has 2 rings (SSSR count). The first kappa shape index (κ1) is 14.8. The highest BCUT2D eigenvalue weighted by molar-refractivity contribution is 5.85. The Balaban J connectivity index is 1.97. The summed E-state index contributed by atoms with van der Waals surface area (Å²) in [5.74, 6) is -0.177. The second-order valence-electron chi connectivity index (χ2n) is 6.09. The van der Waals surface area contributed by atoms with Crippen LogP contribution in [0.2, 0.25) is 0 Å². The van der Waals surface area contributed by atoms with Crippen LogP contribution in [-0.4, -0.2) is 55.7 Å². The molecule has 2 fully saturated rings. The lowest BCUT2D eigenvalue weighted by Crippen LogP contribution is -2.61. The fourth-order valence-corrected chi connectivity index (χ4v) is 3.08. The van der Waals surface area contributed by atoms with Crippen LogP contribution in [-0.2, 0) is 9.53 Å². The molecule has 2 atom stereocenters. The minimum Gasteiger partial charge on any atom is -0.383 e. The summed E-state index contributed by atoms with van der Waals surface area (Å²) in [5.41, 5.74) is 5.22. The summed E-state index contributed by atoms with van der Waals surface area (Å²) < 4.78 is 5.13. The van der Waals surface area contributed by atoms with Crippen molar-refractivity contribution in [1.82, 2.24) is 10.2 Å². The maximum Gasteiger partial charge on any atom is 0.237 e. The predicted octanol–water partition coefficient (Wildman–Crippen LogP) is 0.483. The van der Waals surface area contributed by atoms with Gasteiger partial charge in [-0.1, -0.05) is 0 Å². The number of carbonyl (C=O) groups excluding carboxylic acids is 1. The molecule has 19 heavy (non-hydrogen) atoms. The van der Waals surface area contributed by atoms with Gasteiger partial charge in [0.05, 0.1) is 12.1 Å². The highest BCUT2D eigenvalue weighted by Gasteiger charge is 2.45. The topological polar surface area (TPSA) is 67.6 Å². The van der Waals surface area contributed by atoms with E-state index in [4.69, 9.17) is 10.5 Å². The molecule has 0 aromatic carbocycles. The summed E-state index contributed by atoms with van der Waals surface area (Å²) in [6.45, 7) is 1.63. The molecule has 110 valence electrons. The van der Waals surface area contributed by atoms with Gasteiger partial charge < -0.3 is 20.7 Å². The maximum atomic E-state index is 11.9. The Morgan fingerprint density at radius 1 is 1.47 bits per heavy atom. The average Bonchev–Trinajstić information content (AvgIpc) is 3.19.